The first-order chi connectivity index (χ1) is 9.29. The zero-order valence-electron chi connectivity index (χ0n) is 11.4. The lowest BCUT2D eigenvalue weighted by atomic mass is 9.98. The second kappa shape index (κ2) is 9.69. The molecule has 1 aromatic carbocycles. The molecular formula is C14H23N3OS. The van der Waals surface area contributed by atoms with Gasteiger partial charge in [-0.3, -0.25) is 0 Å². The van der Waals surface area contributed by atoms with E-state index in [9.17, 15) is 0 Å². The summed E-state index contributed by atoms with van der Waals surface area (Å²) >= 11 is 1.87. The van der Waals surface area contributed by atoms with Crippen molar-refractivity contribution in [2.45, 2.75) is 18.8 Å². The molecule has 0 saturated carbocycles. The van der Waals surface area contributed by atoms with Crippen molar-refractivity contribution >= 4 is 17.6 Å². The van der Waals surface area contributed by atoms with Gasteiger partial charge in [-0.1, -0.05) is 35.5 Å². The summed E-state index contributed by atoms with van der Waals surface area (Å²) < 4.78 is 0. The fourth-order valence-corrected chi connectivity index (χ4v) is 2.38. The van der Waals surface area contributed by atoms with Gasteiger partial charge >= 0.3 is 0 Å². The van der Waals surface area contributed by atoms with Crippen LogP contribution in [-0.2, 0) is 0 Å². The summed E-state index contributed by atoms with van der Waals surface area (Å²) in [5.41, 5.74) is 6.83. The van der Waals surface area contributed by atoms with E-state index in [2.05, 4.69) is 16.7 Å². The molecule has 0 aliphatic carbocycles. The van der Waals surface area contributed by atoms with Crippen molar-refractivity contribution in [2.24, 2.45) is 10.9 Å². The van der Waals surface area contributed by atoms with Gasteiger partial charge in [0.25, 0.3) is 0 Å². The number of nitrogens with zero attached hydrogens (tertiary/aromatic N) is 1. The zero-order chi connectivity index (χ0) is 13.9. The molecule has 0 saturated heterocycles. The van der Waals surface area contributed by atoms with Crippen molar-refractivity contribution in [1.82, 2.24) is 5.32 Å². The molecule has 0 amide bonds. The minimum Gasteiger partial charge on any atom is -0.409 e. The second-order valence-corrected chi connectivity index (χ2v) is 5.38. The largest absolute Gasteiger partial charge is 0.409 e. The third kappa shape index (κ3) is 5.98. The van der Waals surface area contributed by atoms with E-state index in [0.717, 1.165) is 18.5 Å². The van der Waals surface area contributed by atoms with Gasteiger partial charge in [-0.2, -0.15) is 11.8 Å². The fourth-order valence-electron chi connectivity index (χ4n) is 1.89. The highest BCUT2D eigenvalue weighted by molar-refractivity contribution is 7.98. The number of amidine groups is 1. The van der Waals surface area contributed by atoms with E-state index < -0.39 is 0 Å². The van der Waals surface area contributed by atoms with E-state index in [0.29, 0.717) is 6.54 Å². The molecular weight excluding hydrogens is 258 g/mol. The Morgan fingerprint density at radius 2 is 2.11 bits per heavy atom. The SMILES string of the molecule is CSCCCCNCC(/C(N)=N/O)c1ccccc1. The van der Waals surface area contributed by atoms with Crippen LogP contribution in [0.2, 0.25) is 0 Å². The molecule has 1 rings (SSSR count). The minimum atomic E-state index is -0.0771. The molecule has 4 nitrogen and oxygen atoms in total. The molecule has 19 heavy (non-hydrogen) atoms. The molecule has 0 aromatic heterocycles. The Balaban J connectivity index is 2.44. The topological polar surface area (TPSA) is 70.6 Å². The van der Waals surface area contributed by atoms with Gasteiger partial charge in [0, 0.05) is 6.54 Å². The number of hydrogen-bond acceptors (Lipinski definition) is 4. The molecule has 0 bridgehead atoms. The normalized spacial score (nSPS) is 13.4. The first-order valence-corrected chi connectivity index (χ1v) is 7.91. The van der Waals surface area contributed by atoms with Gasteiger partial charge < -0.3 is 16.3 Å². The van der Waals surface area contributed by atoms with Gasteiger partial charge in [-0.15, -0.1) is 0 Å². The predicted octanol–water partition coefficient (Wildman–Crippen LogP) is 2.25. The third-order valence-electron chi connectivity index (χ3n) is 2.97. The van der Waals surface area contributed by atoms with Gasteiger partial charge in [0.15, 0.2) is 0 Å². The number of rotatable bonds is 9. The van der Waals surface area contributed by atoms with Crippen LogP contribution in [0.1, 0.15) is 24.3 Å². The van der Waals surface area contributed by atoms with Gasteiger partial charge in [-0.05, 0) is 37.0 Å². The van der Waals surface area contributed by atoms with Crippen molar-refractivity contribution in [3.63, 3.8) is 0 Å². The van der Waals surface area contributed by atoms with Crippen LogP contribution in [0.25, 0.3) is 0 Å². The molecule has 0 heterocycles. The lowest BCUT2D eigenvalue weighted by Gasteiger charge is -2.16. The van der Waals surface area contributed by atoms with E-state index in [-0.39, 0.29) is 11.8 Å². The summed E-state index contributed by atoms with van der Waals surface area (Å²) in [6.07, 6.45) is 4.49. The van der Waals surface area contributed by atoms with Crippen LogP contribution in [0, 0.1) is 0 Å². The number of oxime groups is 1. The standard InChI is InChI=1S/C14H23N3OS/c1-19-10-6-5-9-16-11-13(14(15)17-18)12-7-3-2-4-8-12/h2-4,7-8,13,16,18H,5-6,9-11H2,1H3,(H2,15,17). The molecule has 0 fully saturated rings. The Kier molecular flexibility index (Phi) is 8.09. The molecule has 0 aliphatic heterocycles. The lowest BCUT2D eigenvalue weighted by Crippen LogP contribution is -2.32. The van der Waals surface area contributed by atoms with E-state index in [1.165, 1.54) is 12.2 Å². The van der Waals surface area contributed by atoms with Crippen molar-refractivity contribution in [3.05, 3.63) is 35.9 Å². The molecule has 106 valence electrons. The van der Waals surface area contributed by atoms with Gasteiger partial charge in [0.05, 0.1) is 5.92 Å². The molecule has 0 aliphatic rings. The number of nitrogens with one attached hydrogen (secondary N) is 1. The predicted molar refractivity (Wildman–Crippen MR) is 83.1 cm³/mol. The molecule has 4 N–H and O–H groups in total. The highest BCUT2D eigenvalue weighted by Gasteiger charge is 2.15. The molecule has 1 unspecified atom stereocenters. The number of nitrogens with two attached hydrogens (primary N) is 1. The minimum absolute atomic E-state index is 0.0771. The molecule has 0 radical (unpaired) electrons. The van der Waals surface area contributed by atoms with Crippen LogP contribution in [0.3, 0.4) is 0 Å². The number of hydrogen-bond donors (Lipinski definition) is 3. The van der Waals surface area contributed by atoms with Crippen LogP contribution < -0.4 is 11.1 Å². The zero-order valence-corrected chi connectivity index (χ0v) is 12.2. The summed E-state index contributed by atoms with van der Waals surface area (Å²) in [5.74, 6) is 1.37. The number of thioether (sulfide) groups is 1. The average Bonchev–Trinajstić information content (AvgIpc) is 2.47. The molecule has 1 aromatic rings. The Bertz CT molecular complexity index is 370. The van der Waals surface area contributed by atoms with Crippen molar-refractivity contribution in [1.29, 1.82) is 0 Å². The maximum absolute atomic E-state index is 8.87. The van der Waals surface area contributed by atoms with Crippen LogP contribution in [0.4, 0.5) is 0 Å². The second-order valence-electron chi connectivity index (χ2n) is 4.39. The Morgan fingerprint density at radius 3 is 2.74 bits per heavy atom. The number of benzene rings is 1. The Morgan fingerprint density at radius 1 is 1.37 bits per heavy atom. The lowest BCUT2D eigenvalue weighted by molar-refractivity contribution is 0.315. The highest BCUT2D eigenvalue weighted by atomic mass is 32.2. The van der Waals surface area contributed by atoms with Gasteiger partial charge in [0.2, 0.25) is 0 Å². The van der Waals surface area contributed by atoms with Gasteiger partial charge in [0.1, 0.15) is 5.84 Å². The smallest absolute Gasteiger partial charge is 0.147 e. The summed E-state index contributed by atoms with van der Waals surface area (Å²) in [6.45, 7) is 1.65. The first kappa shape index (κ1) is 15.9. The van der Waals surface area contributed by atoms with Crippen LogP contribution >= 0.6 is 11.8 Å². The van der Waals surface area contributed by atoms with Crippen molar-refractivity contribution in [3.8, 4) is 0 Å². The van der Waals surface area contributed by atoms with E-state index >= 15 is 0 Å². The van der Waals surface area contributed by atoms with Crippen molar-refractivity contribution in [2.75, 3.05) is 25.1 Å². The third-order valence-corrected chi connectivity index (χ3v) is 3.67. The summed E-state index contributed by atoms with van der Waals surface area (Å²) in [6, 6.07) is 9.88. The number of unbranched alkanes of at least 4 members (excludes halogenated alkanes) is 1. The van der Waals surface area contributed by atoms with E-state index in [4.69, 9.17) is 10.9 Å². The summed E-state index contributed by atoms with van der Waals surface area (Å²) in [5, 5.41) is 15.4. The maximum atomic E-state index is 8.87. The summed E-state index contributed by atoms with van der Waals surface area (Å²) in [4.78, 5) is 0. The fraction of sp³-hybridized carbons (Fsp3) is 0.500. The van der Waals surface area contributed by atoms with E-state index in [1.807, 2.05) is 42.1 Å². The highest BCUT2D eigenvalue weighted by Crippen LogP contribution is 2.14. The Labute approximate surface area is 119 Å². The molecule has 5 heteroatoms. The first-order valence-electron chi connectivity index (χ1n) is 6.51. The molecule has 0 spiro atoms. The van der Waals surface area contributed by atoms with Crippen molar-refractivity contribution < 1.29 is 5.21 Å². The monoisotopic (exact) mass is 281 g/mol. The summed E-state index contributed by atoms with van der Waals surface area (Å²) in [7, 11) is 0. The van der Waals surface area contributed by atoms with Crippen LogP contribution in [0.5, 0.6) is 0 Å². The Hall–Kier alpha value is -1.20. The van der Waals surface area contributed by atoms with E-state index in [1.54, 1.807) is 0 Å². The maximum Gasteiger partial charge on any atom is 0.147 e. The quantitative estimate of drug-likeness (QED) is 0.213. The van der Waals surface area contributed by atoms with Gasteiger partial charge in [-0.25, -0.2) is 0 Å². The van der Waals surface area contributed by atoms with Crippen LogP contribution in [0.15, 0.2) is 35.5 Å². The molecule has 1 atom stereocenters. The average molecular weight is 281 g/mol. The van der Waals surface area contributed by atoms with Crippen LogP contribution in [-0.4, -0.2) is 36.1 Å².